The molecule has 0 unspecified atom stereocenters. The van der Waals surface area contributed by atoms with Crippen molar-refractivity contribution in [2.75, 3.05) is 5.73 Å². The third-order valence-electron chi connectivity index (χ3n) is 2.13. The Labute approximate surface area is 139 Å². The molecule has 0 amide bonds. The quantitative estimate of drug-likeness (QED) is 0.787. The first-order chi connectivity index (χ1) is 9.85. The van der Waals surface area contributed by atoms with Gasteiger partial charge in [0.1, 0.15) is 0 Å². The molecule has 0 aliphatic heterocycles. The van der Waals surface area contributed by atoms with Crippen LogP contribution in [-0.4, -0.2) is 21.1 Å². The van der Waals surface area contributed by atoms with Crippen molar-refractivity contribution in [3.8, 4) is 17.8 Å². The molecular weight excluding hydrogens is 383 g/mol. The van der Waals surface area contributed by atoms with Gasteiger partial charge in [0.05, 0.1) is 16.1 Å². The Morgan fingerprint density at radius 2 is 1.76 bits per heavy atom. The van der Waals surface area contributed by atoms with Gasteiger partial charge in [-0.15, -0.1) is 4.98 Å². The number of rotatable bonds is 4. The first-order valence-electron chi connectivity index (χ1n) is 5.85. The summed E-state index contributed by atoms with van der Waals surface area (Å²) in [6.07, 6.45) is -0.106. The fourth-order valence-corrected chi connectivity index (χ4v) is 2.17. The van der Waals surface area contributed by atoms with Crippen LogP contribution >= 0.6 is 39.1 Å². The molecule has 112 valence electrons. The van der Waals surface area contributed by atoms with E-state index in [4.69, 9.17) is 38.4 Å². The first kappa shape index (κ1) is 16.1. The van der Waals surface area contributed by atoms with Crippen molar-refractivity contribution < 1.29 is 9.47 Å². The van der Waals surface area contributed by atoms with Gasteiger partial charge >= 0.3 is 12.0 Å². The van der Waals surface area contributed by atoms with E-state index >= 15 is 0 Å². The summed E-state index contributed by atoms with van der Waals surface area (Å²) in [7, 11) is 0. The fourth-order valence-electron chi connectivity index (χ4n) is 1.34. The maximum atomic E-state index is 6.07. The van der Waals surface area contributed by atoms with Crippen molar-refractivity contribution >= 4 is 45.1 Å². The number of hydrogen-bond donors (Lipinski definition) is 1. The van der Waals surface area contributed by atoms with Crippen LogP contribution < -0.4 is 15.2 Å². The number of hydrogen-bond acceptors (Lipinski definition) is 6. The third kappa shape index (κ3) is 4.33. The minimum Gasteiger partial charge on any atom is -0.461 e. The average Bonchev–Trinajstić information content (AvgIpc) is 2.34. The van der Waals surface area contributed by atoms with Crippen LogP contribution in [0.2, 0.25) is 10.0 Å². The van der Waals surface area contributed by atoms with Crippen molar-refractivity contribution in [3.05, 3.63) is 26.7 Å². The third-order valence-corrected chi connectivity index (χ3v) is 3.62. The second-order valence-corrected chi connectivity index (χ2v) is 5.89. The smallest absolute Gasteiger partial charge is 0.330 e. The van der Waals surface area contributed by atoms with E-state index in [9.17, 15) is 0 Å². The molecule has 2 rings (SSSR count). The topological polar surface area (TPSA) is 83.2 Å². The Balaban J connectivity index is 2.31. The normalized spacial score (nSPS) is 10.8. The molecule has 0 atom stereocenters. The molecule has 1 aromatic heterocycles. The highest BCUT2D eigenvalue weighted by Gasteiger charge is 2.13. The van der Waals surface area contributed by atoms with Crippen LogP contribution in [0.3, 0.4) is 0 Å². The molecule has 0 bridgehead atoms. The van der Waals surface area contributed by atoms with Crippen molar-refractivity contribution in [1.29, 1.82) is 0 Å². The van der Waals surface area contributed by atoms with Gasteiger partial charge < -0.3 is 15.2 Å². The lowest BCUT2D eigenvalue weighted by Crippen LogP contribution is -2.11. The molecule has 0 aliphatic rings. The molecule has 1 heterocycles. The van der Waals surface area contributed by atoms with Gasteiger partial charge in [-0.3, -0.25) is 0 Å². The van der Waals surface area contributed by atoms with Crippen LogP contribution in [0.15, 0.2) is 16.6 Å². The summed E-state index contributed by atoms with van der Waals surface area (Å²) in [4.78, 5) is 11.7. The lowest BCUT2D eigenvalue weighted by atomic mass is 10.3. The monoisotopic (exact) mass is 392 g/mol. The minimum atomic E-state index is -0.106. The fraction of sp³-hybridized carbons (Fsp3) is 0.250. The second-order valence-electron chi connectivity index (χ2n) is 4.22. The molecule has 2 N–H and O–H groups in total. The maximum Gasteiger partial charge on any atom is 0.330 e. The Morgan fingerprint density at radius 3 is 2.43 bits per heavy atom. The largest absolute Gasteiger partial charge is 0.461 e. The van der Waals surface area contributed by atoms with E-state index in [1.165, 1.54) is 6.07 Å². The van der Waals surface area contributed by atoms with Gasteiger partial charge in [-0.1, -0.05) is 23.2 Å². The zero-order valence-electron chi connectivity index (χ0n) is 11.1. The summed E-state index contributed by atoms with van der Waals surface area (Å²) in [5.74, 6) is 0.279. The number of ether oxygens (including phenoxy) is 2. The number of nitrogens with zero attached hydrogens (tertiary/aromatic N) is 3. The van der Waals surface area contributed by atoms with Gasteiger partial charge in [0.2, 0.25) is 5.95 Å². The van der Waals surface area contributed by atoms with E-state index in [2.05, 4.69) is 30.9 Å². The summed E-state index contributed by atoms with van der Waals surface area (Å²) in [6.45, 7) is 3.68. The van der Waals surface area contributed by atoms with Crippen LogP contribution in [0, 0.1) is 0 Å². The highest BCUT2D eigenvalue weighted by Crippen LogP contribution is 2.36. The van der Waals surface area contributed by atoms with E-state index in [1.54, 1.807) is 6.07 Å². The van der Waals surface area contributed by atoms with Gasteiger partial charge in [-0.25, -0.2) is 0 Å². The van der Waals surface area contributed by atoms with E-state index in [1.807, 2.05) is 13.8 Å². The minimum absolute atomic E-state index is 0.0185. The predicted molar refractivity (Wildman–Crippen MR) is 84.2 cm³/mol. The van der Waals surface area contributed by atoms with Gasteiger partial charge in [-0.2, -0.15) is 9.97 Å². The van der Waals surface area contributed by atoms with Crippen molar-refractivity contribution in [2.24, 2.45) is 0 Å². The van der Waals surface area contributed by atoms with Gasteiger partial charge in [-0.05, 0) is 35.8 Å². The van der Waals surface area contributed by atoms with Crippen molar-refractivity contribution in [1.82, 2.24) is 15.0 Å². The molecule has 6 nitrogen and oxygen atoms in total. The number of halogens is 3. The lowest BCUT2D eigenvalue weighted by molar-refractivity contribution is 0.219. The highest BCUT2D eigenvalue weighted by atomic mass is 79.9. The highest BCUT2D eigenvalue weighted by molar-refractivity contribution is 9.10. The zero-order chi connectivity index (χ0) is 15.6. The van der Waals surface area contributed by atoms with Crippen LogP contribution in [0.25, 0.3) is 0 Å². The Hall–Kier alpha value is -1.31. The summed E-state index contributed by atoms with van der Waals surface area (Å²) in [5, 5.41) is 0.784. The Kier molecular flexibility index (Phi) is 5.08. The van der Waals surface area contributed by atoms with Crippen molar-refractivity contribution in [3.63, 3.8) is 0 Å². The number of nitrogens with two attached hydrogens (primary N) is 1. The number of nitrogen functional groups attached to an aromatic ring is 1. The molecule has 0 saturated carbocycles. The van der Waals surface area contributed by atoms with Crippen molar-refractivity contribution in [2.45, 2.75) is 20.0 Å². The van der Waals surface area contributed by atoms with Crippen LogP contribution in [0.4, 0.5) is 5.95 Å². The van der Waals surface area contributed by atoms with E-state index in [0.29, 0.717) is 20.3 Å². The van der Waals surface area contributed by atoms with Crippen LogP contribution in [0.1, 0.15) is 13.8 Å². The van der Waals surface area contributed by atoms with Crippen LogP contribution in [0.5, 0.6) is 17.8 Å². The predicted octanol–water partition coefficient (Wildman–Crippen LogP) is 4.10. The van der Waals surface area contributed by atoms with Gasteiger partial charge in [0.25, 0.3) is 0 Å². The zero-order valence-corrected chi connectivity index (χ0v) is 14.2. The molecule has 2 aromatic rings. The SMILES string of the molecule is CC(C)Oc1nc(N)nc(Oc2cc(Cl)c(Br)cc2Cl)n1. The summed E-state index contributed by atoms with van der Waals surface area (Å²) < 4.78 is 11.5. The van der Waals surface area contributed by atoms with Gasteiger partial charge in [0.15, 0.2) is 5.75 Å². The molecule has 0 aliphatic carbocycles. The molecule has 0 saturated heterocycles. The number of anilines is 1. The molecule has 21 heavy (non-hydrogen) atoms. The average molecular weight is 394 g/mol. The standard InChI is InChI=1S/C12H11BrCl2N4O2/c1-5(2)20-11-17-10(16)18-12(19-11)21-9-4-7(14)6(13)3-8(9)15/h3-5H,1-2H3,(H2,16,17,18,19). The molecule has 0 fully saturated rings. The van der Waals surface area contributed by atoms with E-state index < -0.39 is 0 Å². The number of aromatic nitrogens is 3. The van der Waals surface area contributed by atoms with E-state index in [-0.39, 0.29) is 24.1 Å². The van der Waals surface area contributed by atoms with Crippen LogP contribution in [-0.2, 0) is 0 Å². The molecular formula is C12H11BrCl2N4O2. The molecule has 1 aromatic carbocycles. The van der Waals surface area contributed by atoms with E-state index in [0.717, 1.165) is 0 Å². The Morgan fingerprint density at radius 1 is 1.10 bits per heavy atom. The summed E-state index contributed by atoms with van der Waals surface area (Å²) in [5.41, 5.74) is 5.59. The molecule has 0 radical (unpaired) electrons. The molecule has 9 heteroatoms. The summed E-state index contributed by atoms with van der Waals surface area (Å²) >= 11 is 15.3. The first-order valence-corrected chi connectivity index (χ1v) is 7.40. The maximum absolute atomic E-state index is 6.07. The Bertz CT molecular complexity index is 670. The lowest BCUT2D eigenvalue weighted by Gasteiger charge is -2.10. The molecule has 0 spiro atoms. The van der Waals surface area contributed by atoms with Gasteiger partial charge in [0, 0.05) is 10.5 Å². The number of benzene rings is 1. The summed E-state index contributed by atoms with van der Waals surface area (Å²) in [6, 6.07) is 3.19. The second kappa shape index (κ2) is 6.64.